The Morgan fingerprint density at radius 3 is 2.90 bits per heavy atom. The zero-order valence-corrected chi connectivity index (χ0v) is 17.9. The van der Waals surface area contributed by atoms with E-state index in [-0.39, 0.29) is 17.8 Å². The molecular formula is C24H23FN2O3S. The van der Waals surface area contributed by atoms with Crippen molar-refractivity contribution in [2.45, 2.75) is 31.9 Å². The molecule has 1 amide bonds. The molecule has 2 aliphatic rings. The molecule has 2 aliphatic heterocycles. The number of hydrogen-bond acceptors (Lipinski definition) is 5. The molecule has 0 aliphatic carbocycles. The third-order valence-corrected chi connectivity index (χ3v) is 6.78. The van der Waals surface area contributed by atoms with E-state index in [1.165, 1.54) is 23.5 Å². The molecule has 0 spiro atoms. The van der Waals surface area contributed by atoms with Crippen LogP contribution in [0.1, 0.15) is 33.8 Å². The number of rotatable bonds is 5. The highest BCUT2D eigenvalue weighted by Crippen LogP contribution is 2.32. The lowest BCUT2D eigenvalue weighted by Gasteiger charge is -2.26. The van der Waals surface area contributed by atoms with Crippen molar-refractivity contribution in [2.24, 2.45) is 0 Å². The Kier molecular flexibility index (Phi) is 5.70. The Labute approximate surface area is 184 Å². The van der Waals surface area contributed by atoms with Crippen molar-refractivity contribution in [3.8, 4) is 16.3 Å². The zero-order valence-electron chi connectivity index (χ0n) is 17.1. The molecule has 1 saturated heterocycles. The quantitative estimate of drug-likeness (QED) is 0.579. The second-order valence-electron chi connectivity index (χ2n) is 7.85. The Balaban J connectivity index is 1.24. The van der Waals surface area contributed by atoms with Gasteiger partial charge in [0.15, 0.2) is 0 Å². The number of halogens is 1. The van der Waals surface area contributed by atoms with Crippen molar-refractivity contribution < 1.29 is 18.7 Å². The molecule has 1 fully saturated rings. The van der Waals surface area contributed by atoms with E-state index in [4.69, 9.17) is 9.47 Å². The van der Waals surface area contributed by atoms with E-state index in [1.54, 1.807) is 6.07 Å². The van der Waals surface area contributed by atoms with Crippen molar-refractivity contribution in [1.29, 1.82) is 0 Å². The Morgan fingerprint density at radius 1 is 1.26 bits per heavy atom. The van der Waals surface area contributed by atoms with Crippen molar-refractivity contribution in [1.82, 2.24) is 9.88 Å². The summed E-state index contributed by atoms with van der Waals surface area (Å²) in [7, 11) is 0. The molecule has 5 nitrogen and oxygen atoms in total. The highest BCUT2D eigenvalue weighted by molar-refractivity contribution is 7.15. The fourth-order valence-electron chi connectivity index (χ4n) is 3.96. The number of hydrogen-bond donors (Lipinski definition) is 0. The van der Waals surface area contributed by atoms with E-state index in [0.29, 0.717) is 31.7 Å². The number of aromatic nitrogens is 1. The van der Waals surface area contributed by atoms with Crippen LogP contribution in [-0.4, -0.2) is 41.7 Å². The molecule has 0 saturated carbocycles. The molecule has 1 atom stereocenters. The van der Waals surface area contributed by atoms with Gasteiger partial charge in [-0.1, -0.05) is 12.1 Å². The van der Waals surface area contributed by atoms with Gasteiger partial charge in [0.2, 0.25) is 0 Å². The molecule has 3 aromatic rings. The average Bonchev–Trinajstić information content (AvgIpc) is 3.47. The van der Waals surface area contributed by atoms with Gasteiger partial charge in [0, 0.05) is 35.6 Å². The SMILES string of the molecule is O=C(c1ccc(OC[C@H]2CCCO2)cc1)N1CCc2nc(-c3cccc(F)c3)sc2C1. The number of benzene rings is 2. The largest absolute Gasteiger partial charge is 0.491 e. The third-order valence-electron chi connectivity index (χ3n) is 5.65. The highest BCUT2D eigenvalue weighted by atomic mass is 32.1. The van der Waals surface area contributed by atoms with Gasteiger partial charge < -0.3 is 14.4 Å². The summed E-state index contributed by atoms with van der Waals surface area (Å²) < 4.78 is 24.9. The number of carbonyl (C=O) groups is 1. The predicted octanol–water partition coefficient (Wildman–Crippen LogP) is 4.71. The van der Waals surface area contributed by atoms with Gasteiger partial charge in [0.25, 0.3) is 5.91 Å². The first-order valence-corrected chi connectivity index (χ1v) is 11.4. The molecule has 160 valence electrons. The third kappa shape index (κ3) is 4.48. The van der Waals surface area contributed by atoms with Gasteiger partial charge in [-0.05, 0) is 49.2 Å². The van der Waals surface area contributed by atoms with Crippen molar-refractivity contribution in [3.63, 3.8) is 0 Å². The lowest BCUT2D eigenvalue weighted by atomic mass is 10.1. The minimum Gasteiger partial charge on any atom is -0.491 e. The molecule has 0 bridgehead atoms. The van der Waals surface area contributed by atoms with Crippen LogP contribution in [0.25, 0.3) is 10.6 Å². The van der Waals surface area contributed by atoms with Crippen molar-refractivity contribution >= 4 is 17.2 Å². The maximum Gasteiger partial charge on any atom is 0.254 e. The Hall–Kier alpha value is -2.77. The molecule has 31 heavy (non-hydrogen) atoms. The van der Waals surface area contributed by atoms with E-state index < -0.39 is 0 Å². The second-order valence-corrected chi connectivity index (χ2v) is 8.93. The van der Waals surface area contributed by atoms with Crippen molar-refractivity contribution in [2.75, 3.05) is 19.8 Å². The summed E-state index contributed by atoms with van der Waals surface area (Å²) in [5.74, 6) is 0.470. The van der Waals surface area contributed by atoms with Crippen LogP contribution in [0.3, 0.4) is 0 Å². The number of amides is 1. The van der Waals surface area contributed by atoms with Crippen LogP contribution in [0.15, 0.2) is 48.5 Å². The van der Waals surface area contributed by atoms with Crippen molar-refractivity contribution in [3.05, 3.63) is 70.5 Å². The van der Waals surface area contributed by atoms with E-state index >= 15 is 0 Å². The molecule has 0 unspecified atom stereocenters. The van der Waals surface area contributed by atoms with Gasteiger partial charge in [0.05, 0.1) is 18.3 Å². The summed E-state index contributed by atoms with van der Waals surface area (Å²) >= 11 is 1.53. The number of carbonyl (C=O) groups excluding carboxylic acids is 1. The molecular weight excluding hydrogens is 415 g/mol. The molecule has 5 rings (SSSR count). The number of thiazole rings is 1. The molecule has 2 aromatic carbocycles. The summed E-state index contributed by atoms with van der Waals surface area (Å²) in [6, 6.07) is 13.8. The van der Waals surface area contributed by atoms with Crippen LogP contribution in [0.2, 0.25) is 0 Å². The lowest BCUT2D eigenvalue weighted by molar-refractivity contribution is 0.0678. The van der Waals surface area contributed by atoms with Gasteiger partial charge >= 0.3 is 0 Å². The number of fused-ring (bicyclic) bond motifs is 1. The van der Waals surface area contributed by atoms with E-state index in [2.05, 4.69) is 4.98 Å². The van der Waals surface area contributed by atoms with Crippen LogP contribution in [0.5, 0.6) is 5.75 Å². The topological polar surface area (TPSA) is 51.7 Å². The maximum atomic E-state index is 13.6. The predicted molar refractivity (Wildman–Crippen MR) is 117 cm³/mol. The minimum atomic E-state index is -0.273. The summed E-state index contributed by atoms with van der Waals surface area (Å²) in [6.07, 6.45) is 2.99. The summed E-state index contributed by atoms with van der Waals surface area (Å²) in [6.45, 7) is 2.50. The summed E-state index contributed by atoms with van der Waals surface area (Å²) in [5.41, 5.74) is 2.42. The van der Waals surface area contributed by atoms with Gasteiger partial charge in [-0.3, -0.25) is 4.79 Å². The zero-order chi connectivity index (χ0) is 21.2. The van der Waals surface area contributed by atoms with Crippen LogP contribution < -0.4 is 4.74 Å². The fraction of sp³-hybridized carbons (Fsp3) is 0.333. The van der Waals surface area contributed by atoms with E-state index in [9.17, 15) is 9.18 Å². The molecule has 3 heterocycles. The Morgan fingerprint density at radius 2 is 2.13 bits per heavy atom. The normalized spacial score (nSPS) is 18.1. The van der Waals surface area contributed by atoms with E-state index in [1.807, 2.05) is 35.2 Å². The van der Waals surface area contributed by atoms with Crippen LogP contribution in [0, 0.1) is 5.82 Å². The van der Waals surface area contributed by atoms with Crippen LogP contribution in [-0.2, 0) is 17.7 Å². The Bertz CT molecular complexity index is 1080. The first-order chi connectivity index (χ1) is 15.2. The minimum absolute atomic E-state index is 0.00275. The fourth-order valence-corrected chi connectivity index (χ4v) is 5.08. The van der Waals surface area contributed by atoms with Gasteiger partial charge in [-0.15, -0.1) is 11.3 Å². The molecule has 0 radical (unpaired) electrons. The van der Waals surface area contributed by atoms with Crippen LogP contribution in [0.4, 0.5) is 4.39 Å². The first kappa shape index (κ1) is 20.2. The van der Waals surface area contributed by atoms with Gasteiger partial charge in [-0.2, -0.15) is 0 Å². The second kappa shape index (κ2) is 8.77. The molecule has 0 N–H and O–H groups in total. The van der Waals surface area contributed by atoms with Gasteiger partial charge in [-0.25, -0.2) is 9.37 Å². The average molecular weight is 439 g/mol. The number of ether oxygens (including phenoxy) is 2. The smallest absolute Gasteiger partial charge is 0.254 e. The first-order valence-electron chi connectivity index (χ1n) is 10.5. The molecule has 1 aromatic heterocycles. The summed E-state index contributed by atoms with van der Waals surface area (Å²) in [4.78, 5) is 20.6. The molecule has 7 heteroatoms. The lowest BCUT2D eigenvalue weighted by Crippen LogP contribution is -2.35. The van der Waals surface area contributed by atoms with Crippen LogP contribution >= 0.6 is 11.3 Å². The standard InChI is InChI=1S/C24H23FN2O3S/c25-18-4-1-3-17(13-18)23-26-21-10-11-27(14-22(21)31-23)24(28)16-6-8-19(9-7-16)30-15-20-5-2-12-29-20/h1,3-4,6-9,13,20H,2,5,10-12,14-15H2/t20-/m1/s1. The maximum absolute atomic E-state index is 13.6. The van der Waals surface area contributed by atoms with E-state index in [0.717, 1.165) is 46.3 Å². The summed E-state index contributed by atoms with van der Waals surface area (Å²) in [5, 5.41) is 0.798. The van der Waals surface area contributed by atoms with Gasteiger partial charge in [0.1, 0.15) is 23.2 Å². The highest BCUT2D eigenvalue weighted by Gasteiger charge is 2.25. The number of nitrogens with zero attached hydrogens (tertiary/aromatic N) is 2. The monoisotopic (exact) mass is 438 g/mol.